The molecule has 1 atom stereocenters. The van der Waals surface area contributed by atoms with Crippen LogP contribution >= 0.6 is 46.1 Å². The predicted octanol–water partition coefficient (Wildman–Crippen LogP) is 7.02. The number of halogens is 3. The molecule has 5 rings (SSSR count). The van der Waals surface area contributed by atoms with Gasteiger partial charge in [-0.15, -0.1) is 11.3 Å². The van der Waals surface area contributed by atoms with Gasteiger partial charge in [-0.05, 0) is 74.6 Å². The van der Waals surface area contributed by atoms with Gasteiger partial charge in [0.2, 0.25) is 0 Å². The van der Waals surface area contributed by atoms with Gasteiger partial charge in [-0.25, -0.2) is 8.42 Å². The fourth-order valence-corrected chi connectivity index (χ4v) is 8.78. The summed E-state index contributed by atoms with van der Waals surface area (Å²) >= 11 is 20.2. The molecule has 5 nitrogen and oxygen atoms in total. The molecular formula is C25H26Cl3NO4S2. The lowest BCUT2D eigenvalue weighted by molar-refractivity contribution is -0.00737. The van der Waals surface area contributed by atoms with Crippen LogP contribution in [0.1, 0.15) is 76.7 Å². The first-order valence-corrected chi connectivity index (χ1v) is 15.6. The second kappa shape index (κ2) is 9.64. The van der Waals surface area contributed by atoms with E-state index in [0.29, 0.717) is 40.8 Å². The number of hydrogen-bond donors (Lipinski definition) is 0. The van der Waals surface area contributed by atoms with E-state index >= 15 is 0 Å². The summed E-state index contributed by atoms with van der Waals surface area (Å²) in [7, 11) is -2.94. The van der Waals surface area contributed by atoms with Crippen molar-refractivity contribution in [2.45, 2.75) is 63.9 Å². The lowest BCUT2D eigenvalue weighted by Crippen LogP contribution is -2.25. The van der Waals surface area contributed by atoms with Gasteiger partial charge in [-0.2, -0.15) is 0 Å². The van der Waals surface area contributed by atoms with Crippen molar-refractivity contribution >= 4 is 67.5 Å². The van der Waals surface area contributed by atoms with Crippen LogP contribution in [0.4, 0.5) is 0 Å². The maximum atomic E-state index is 13.4. The van der Waals surface area contributed by atoms with E-state index in [1.54, 1.807) is 12.1 Å². The van der Waals surface area contributed by atoms with Crippen molar-refractivity contribution < 1.29 is 18.0 Å². The molecule has 1 saturated heterocycles. The molecule has 3 aliphatic rings. The Hall–Kier alpha value is -1.12. The summed E-state index contributed by atoms with van der Waals surface area (Å²) in [6.45, 7) is 1.95. The molecule has 0 N–H and O–H groups in total. The molecule has 188 valence electrons. The molecule has 0 amide bonds. The van der Waals surface area contributed by atoms with Crippen LogP contribution in [0, 0.1) is 5.92 Å². The summed E-state index contributed by atoms with van der Waals surface area (Å²) in [4.78, 5) is 21.2. The fraction of sp³-hybridized carbons (Fsp3) is 0.520. The Labute approximate surface area is 224 Å². The monoisotopic (exact) mass is 573 g/mol. The third kappa shape index (κ3) is 5.04. The molecule has 2 aliphatic heterocycles. The molecule has 2 aromatic rings. The molecule has 1 aromatic heterocycles. The lowest BCUT2D eigenvalue weighted by atomic mass is 9.86. The highest BCUT2D eigenvalue weighted by molar-refractivity contribution is 7.91. The minimum absolute atomic E-state index is 0.127. The Bertz CT molecular complexity index is 1300. The molecule has 1 aliphatic carbocycles. The van der Waals surface area contributed by atoms with E-state index in [0.717, 1.165) is 52.3 Å². The van der Waals surface area contributed by atoms with E-state index in [-0.39, 0.29) is 23.2 Å². The number of fused-ring (bicyclic) bond motifs is 1. The Morgan fingerprint density at radius 1 is 1.11 bits per heavy atom. The van der Waals surface area contributed by atoms with Gasteiger partial charge >= 0.3 is 0 Å². The molecule has 10 heteroatoms. The van der Waals surface area contributed by atoms with Crippen LogP contribution in [0.3, 0.4) is 0 Å². The maximum absolute atomic E-state index is 13.4. The summed E-state index contributed by atoms with van der Waals surface area (Å²) < 4.78 is 23.5. The number of ketones is 1. The molecule has 1 unspecified atom stereocenters. The zero-order valence-electron chi connectivity index (χ0n) is 19.3. The number of thiophene rings is 1. The van der Waals surface area contributed by atoms with Crippen molar-refractivity contribution in [3.05, 3.63) is 53.6 Å². The number of sulfone groups is 1. The standard InChI is InChI=1S/C25H26Cl3NO4S2/c1-25(15-11-18(26)22(28)19(27)12-15)13-20(29-33-25)23-16-4-2-3-5-17(16)24(34-23)21(30)10-14-6-8-35(31,32)9-7-14/h11-12,14H,2-10,13H2,1H3. The number of nitrogens with zero attached hydrogens (tertiary/aromatic N) is 1. The predicted molar refractivity (Wildman–Crippen MR) is 142 cm³/mol. The highest BCUT2D eigenvalue weighted by atomic mass is 35.5. The summed E-state index contributed by atoms with van der Waals surface area (Å²) in [6.07, 6.45) is 6.03. The van der Waals surface area contributed by atoms with E-state index in [4.69, 9.17) is 39.6 Å². The fourth-order valence-electron chi connectivity index (χ4n) is 5.27. The third-order valence-corrected chi connectivity index (χ3v) is 11.6. The molecule has 35 heavy (non-hydrogen) atoms. The van der Waals surface area contributed by atoms with Crippen molar-refractivity contribution in [3.63, 3.8) is 0 Å². The number of benzene rings is 1. The van der Waals surface area contributed by atoms with Crippen molar-refractivity contribution in [1.82, 2.24) is 0 Å². The van der Waals surface area contributed by atoms with Crippen molar-refractivity contribution in [2.24, 2.45) is 11.1 Å². The number of oxime groups is 1. The SMILES string of the molecule is CC1(c2cc(Cl)c(Cl)c(Cl)c2)CC(c2sc(C(=O)CC3CCS(=O)(=O)CC3)c3c2CCCC3)=NO1. The number of carbonyl (C=O) groups is 1. The van der Waals surface area contributed by atoms with Gasteiger partial charge in [-0.3, -0.25) is 4.79 Å². The largest absolute Gasteiger partial charge is 0.384 e. The van der Waals surface area contributed by atoms with Gasteiger partial charge < -0.3 is 4.84 Å². The van der Waals surface area contributed by atoms with Crippen molar-refractivity contribution in [2.75, 3.05) is 11.5 Å². The van der Waals surface area contributed by atoms with Gasteiger partial charge in [0.1, 0.15) is 15.5 Å². The first kappa shape index (κ1) is 25.5. The Morgan fingerprint density at radius 2 is 1.74 bits per heavy atom. The highest BCUT2D eigenvalue weighted by Gasteiger charge is 2.40. The average Bonchev–Trinajstić information content (AvgIpc) is 3.40. The van der Waals surface area contributed by atoms with Gasteiger partial charge in [0.25, 0.3) is 0 Å². The minimum atomic E-state index is -2.94. The molecule has 1 aromatic carbocycles. The summed E-state index contributed by atoms with van der Waals surface area (Å²) in [5, 5.41) is 5.50. The zero-order valence-corrected chi connectivity index (χ0v) is 23.2. The van der Waals surface area contributed by atoms with Gasteiger partial charge in [0.05, 0.1) is 36.3 Å². The quantitative estimate of drug-likeness (QED) is 0.284. The number of hydrogen-bond acceptors (Lipinski definition) is 6. The topological polar surface area (TPSA) is 72.8 Å². The third-order valence-electron chi connectivity index (χ3n) is 7.34. The van der Waals surface area contributed by atoms with Crippen LogP contribution in [-0.2, 0) is 33.1 Å². The van der Waals surface area contributed by atoms with Gasteiger partial charge in [0, 0.05) is 18.4 Å². The van der Waals surface area contributed by atoms with Crippen LogP contribution in [-0.4, -0.2) is 31.4 Å². The van der Waals surface area contributed by atoms with E-state index in [1.165, 1.54) is 16.9 Å². The lowest BCUT2D eigenvalue weighted by Gasteiger charge is -2.23. The smallest absolute Gasteiger partial charge is 0.173 e. The number of carbonyl (C=O) groups excluding carboxylic acids is 1. The zero-order chi connectivity index (χ0) is 25.0. The van der Waals surface area contributed by atoms with E-state index in [2.05, 4.69) is 5.16 Å². The Morgan fingerprint density at radius 3 is 2.40 bits per heavy atom. The molecule has 0 saturated carbocycles. The van der Waals surface area contributed by atoms with E-state index < -0.39 is 15.4 Å². The van der Waals surface area contributed by atoms with Crippen LogP contribution in [0.2, 0.25) is 15.1 Å². The van der Waals surface area contributed by atoms with E-state index in [9.17, 15) is 13.2 Å². The van der Waals surface area contributed by atoms with Crippen LogP contribution < -0.4 is 0 Å². The van der Waals surface area contributed by atoms with Crippen LogP contribution in [0.25, 0.3) is 0 Å². The highest BCUT2D eigenvalue weighted by Crippen LogP contribution is 2.44. The Kier molecular flexibility index (Phi) is 7.03. The second-order valence-corrected chi connectivity index (χ2v) is 14.5. The molecule has 3 heterocycles. The summed E-state index contributed by atoms with van der Waals surface area (Å²) in [5.74, 6) is 0.627. The molecule has 0 spiro atoms. The molecule has 0 bridgehead atoms. The molecular weight excluding hydrogens is 549 g/mol. The molecule has 1 fully saturated rings. The molecule has 0 radical (unpaired) electrons. The maximum Gasteiger partial charge on any atom is 0.173 e. The number of Topliss-reactive ketones (excluding diaryl/α,β-unsaturated/α-hetero) is 1. The van der Waals surface area contributed by atoms with Gasteiger partial charge in [-0.1, -0.05) is 40.0 Å². The van der Waals surface area contributed by atoms with Crippen LogP contribution in [0.15, 0.2) is 17.3 Å². The summed E-state index contributed by atoms with van der Waals surface area (Å²) in [6, 6.07) is 3.52. The average molecular weight is 575 g/mol. The normalized spacial score (nSPS) is 24.1. The van der Waals surface area contributed by atoms with E-state index in [1.807, 2.05) is 6.92 Å². The minimum Gasteiger partial charge on any atom is -0.384 e. The van der Waals surface area contributed by atoms with Crippen LogP contribution in [0.5, 0.6) is 0 Å². The first-order valence-electron chi connectivity index (χ1n) is 11.8. The van der Waals surface area contributed by atoms with Crippen molar-refractivity contribution in [1.29, 1.82) is 0 Å². The first-order chi connectivity index (χ1) is 16.6. The second-order valence-electron chi connectivity index (χ2n) is 9.94. The number of rotatable bonds is 5. The van der Waals surface area contributed by atoms with Gasteiger partial charge in [0.15, 0.2) is 11.4 Å². The van der Waals surface area contributed by atoms with Crippen molar-refractivity contribution in [3.8, 4) is 0 Å². The summed E-state index contributed by atoms with van der Waals surface area (Å²) in [5.41, 5.74) is 3.26. The Balaban J connectivity index is 1.40.